The van der Waals surface area contributed by atoms with E-state index >= 15 is 0 Å². The molecule has 80 valence electrons. The first-order valence-corrected chi connectivity index (χ1v) is 5.59. The number of rotatable bonds is 2. The molecule has 0 spiro atoms. The van der Waals surface area contributed by atoms with Crippen LogP contribution in [0.2, 0.25) is 0 Å². The highest BCUT2D eigenvalue weighted by Gasteiger charge is 2.49. The van der Waals surface area contributed by atoms with Gasteiger partial charge in [-0.15, -0.1) is 0 Å². The number of aliphatic carboxylic acids is 1. The summed E-state index contributed by atoms with van der Waals surface area (Å²) in [4.78, 5) is 11.4. The van der Waals surface area contributed by atoms with Crippen molar-refractivity contribution in [3.63, 3.8) is 0 Å². The van der Waals surface area contributed by atoms with E-state index in [-0.39, 0.29) is 0 Å². The van der Waals surface area contributed by atoms with Crippen LogP contribution in [0.1, 0.15) is 32.6 Å². The fourth-order valence-corrected chi connectivity index (χ4v) is 2.92. The Bertz CT molecular complexity index is 237. The summed E-state index contributed by atoms with van der Waals surface area (Å²) in [5.41, 5.74) is -0.448. The molecule has 0 aromatic rings. The van der Waals surface area contributed by atoms with E-state index in [1.165, 1.54) is 6.42 Å². The van der Waals surface area contributed by atoms with E-state index in [0.29, 0.717) is 18.4 Å². The largest absolute Gasteiger partial charge is 0.481 e. The van der Waals surface area contributed by atoms with Crippen LogP contribution < -0.4 is 5.32 Å². The lowest BCUT2D eigenvalue weighted by Crippen LogP contribution is -2.54. The molecule has 3 heteroatoms. The summed E-state index contributed by atoms with van der Waals surface area (Å²) < 4.78 is 0. The van der Waals surface area contributed by atoms with E-state index in [1.54, 1.807) is 0 Å². The van der Waals surface area contributed by atoms with Crippen LogP contribution in [0.25, 0.3) is 0 Å². The highest BCUT2D eigenvalue weighted by atomic mass is 16.4. The van der Waals surface area contributed by atoms with Crippen LogP contribution in [0.15, 0.2) is 0 Å². The molecule has 2 atom stereocenters. The summed E-state index contributed by atoms with van der Waals surface area (Å²) in [5.74, 6) is 0.344. The molecule has 0 aromatic heterocycles. The van der Waals surface area contributed by atoms with Crippen molar-refractivity contribution >= 4 is 5.97 Å². The molecule has 2 rings (SSSR count). The van der Waals surface area contributed by atoms with Gasteiger partial charge in [-0.3, -0.25) is 4.79 Å². The zero-order valence-corrected chi connectivity index (χ0v) is 8.75. The first-order chi connectivity index (χ1) is 6.65. The van der Waals surface area contributed by atoms with Crippen molar-refractivity contribution in [2.24, 2.45) is 17.3 Å². The lowest BCUT2D eigenvalue weighted by atomic mass is 9.60. The smallest absolute Gasteiger partial charge is 0.311 e. The number of hydrogen-bond donors (Lipinski definition) is 2. The van der Waals surface area contributed by atoms with Crippen LogP contribution in [-0.4, -0.2) is 24.2 Å². The van der Waals surface area contributed by atoms with E-state index in [9.17, 15) is 9.90 Å². The number of carboxylic acid groups (broad SMARTS) is 1. The normalized spacial score (nSPS) is 39.1. The van der Waals surface area contributed by atoms with Gasteiger partial charge in [0.25, 0.3) is 0 Å². The molecule has 2 unspecified atom stereocenters. The van der Waals surface area contributed by atoms with Gasteiger partial charge in [0.2, 0.25) is 0 Å². The van der Waals surface area contributed by atoms with Gasteiger partial charge in [0.1, 0.15) is 0 Å². The average molecular weight is 197 g/mol. The van der Waals surface area contributed by atoms with Crippen molar-refractivity contribution in [1.82, 2.24) is 5.32 Å². The van der Waals surface area contributed by atoms with Crippen LogP contribution in [0.5, 0.6) is 0 Å². The van der Waals surface area contributed by atoms with Gasteiger partial charge in [-0.25, -0.2) is 0 Å². The zero-order chi connectivity index (χ0) is 10.2. The Balaban J connectivity index is 2.15. The van der Waals surface area contributed by atoms with Crippen LogP contribution >= 0.6 is 0 Å². The molecule has 1 saturated carbocycles. The van der Waals surface area contributed by atoms with Crippen molar-refractivity contribution in [2.45, 2.75) is 32.6 Å². The quantitative estimate of drug-likeness (QED) is 0.705. The Morgan fingerprint density at radius 2 is 2.21 bits per heavy atom. The maximum atomic E-state index is 11.4. The van der Waals surface area contributed by atoms with Gasteiger partial charge >= 0.3 is 5.97 Å². The topological polar surface area (TPSA) is 49.3 Å². The van der Waals surface area contributed by atoms with E-state index in [2.05, 4.69) is 12.2 Å². The molecule has 1 saturated heterocycles. The van der Waals surface area contributed by atoms with Gasteiger partial charge in [0, 0.05) is 6.54 Å². The minimum Gasteiger partial charge on any atom is -0.481 e. The van der Waals surface area contributed by atoms with Gasteiger partial charge < -0.3 is 10.4 Å². The standard InChI is InChI=1S/C11H19NO2/c1-8-5-11(10(13)14,7-12-6-8)9-3-2-4-9/h8-9,12H,2-7H2,1H3,(H,13,14). The van der Waals surface area contributed by atoms with E-state index in [1.807, 2.05) is 0 Å². The molecule has 3 nitrogen and oxygen atoms in total. The highest BCUT2D eigenvalue weighted by Crippen LogP contribution is 2.47. The maximum Gasteiger partial charge on any atom is 0.311 e. The van der Waals surface area contributed by atoms with E-state index in [0.717, 1.165) is 25.8 Å². The second kappa shape index (κ2) is 3.54. The van der Waals surface area contributed by atoms with Crippen molar-refractivity contribution in [2.75, 3.05) is 13.1 Å². The number of hydrogen-bond acceptors (Lipinski definition) is 2. The summed E-state index contributed by atoms with van der Waals surface area (Å²) in [6, 6.07) is 0. The molecule has 0 amide bonds. The molecule has 1 aliphatic carbocycles. The lowest BCUT2D eigenvalue weighted by molar-refractivity contribution is -0.158. The average Bonchev–Trinajstić information content (AvgIpc) is 2.00. The SMILES string of the molecule is CC1CNCC(C(=O)O)(C2CCC2)C1. The Hall–Kier alpha value is -0.570. The Morgan fingerprint density at radius 1 is 1.50 bits per heavy atom. The fraction of sp³-hybridized carbons (Fsp3) is 0.909. The number of carboxylic acids is 1. The van der Waals surface area contributed by atoms with Crippen LogP contribution in [0.4, 0.5) is 0 Å². The van der Waals surface area contributed by atoms with Crippen molar-refractivity contribution in [1.29, 1.82) is 0 Å². The molecular formula is C11H19NO2. The monoisotopic (exact) mass is 197 g/mol. The maximum absolute atomic E-state index is 11.4. The molecule has 2 fully saturated rings. The van der Waals surface area contributed by atoms with Crippen LogP contribution in [0.3, 0.4) is 0 Å². The fourth-order valence-electron chi connectivity index (χ4n) is 2.92. The number of piperidine rings is 1. The minimum absolute atomic E-state index is 0.426. The minimum atomic E-state index is -0.582. The van der Waals surface area contributed by atoms with Crippen LogP contribution in [0, 0.1) is 17.3 Å². The Morgan fingerprint density at radius 3 is 2.64 bits per heavy atom. The molecule has 1 aliphatic heterocycles. The third-order valence-corrected chi connectivity index (χ3v) is 3.96. The highest BCUT2D eigenvalue weighted by molar-refractivity contribution is 5.75. The summed E-state index contributed by atoms with van der Waals surface area (Å²) >= 11 is 0. The van der Waals surface area contributed by atoms with Gasteiger partial charge in [-0.05, 0) is 37.6 Å². The third-order valence-electron chi connectivity index (χ3n) is 3.96. The third kappa shape index (κ3) is 1.44. The first kappa shape index (κ1) is 9.97. The van der Waals surface area contributed by atoms with Gasteiger partial charge in [-0.2, -0.15) is 0 Å². The van der Waals surface area contributed by atoms with Gasteiger partial charge in [0.15, 0.2) is 0 Å². The Kier molecular flexibility index (Phi) is 2.52. The number of nitrogens with one attached hydrogen (secondary N) is 1. The summed E-state index contributed by atoms with van der Waals surface area (Å²) in [6.45, 7) is 3.79. The second-order valence-corrected chi connectivity index (χ2v) is 5.03. The zero-order valence-electron chi connectivity index (χ0n) is 8.75. The second-order valence-electron chi connectivity index (χ2n) is 5.03. The van der Waals surface area contributed by atoms with Gasteiger partial charge in [0.05, 0.1) is 5.41 Å². The first-order valence-electron chi connectivity index (χ1n) is 5.59. The summed E-state index contributed by atoms with van der Waals surface area (Å²) in [6.07, 6.45) is 4.30. The molecule has 2 N–H and O–H groups in total. The van der Waals surface area contributed by atoms with E-state index < -0.39 is 11.4 Å². The predicted octanol–water partition coefficient (Wildman–Crippen LogP) is 1.49. The van der Waals surface area contributed by atoms with E-state index in [4.69, 9.17) is 0 Å². The molecule has 1 heterocycles. The summed E-state index contributed by atoms with van der Waals surface area (Å²) in [5, 5.41) is 12.7. The van der Waals surface area contributed by atoms with Crippen molar-refractivity contribution in [3.8, 4) is 0 Å². The molecular weight excluding hydrogens is 178 g/mol. The molecule has 14 heavy (non-hydrogen) atoms. The Labute approximate surface area is 84.9 Å². The summed E-state index contributed by atoms with van der Waals surface area (Å²) in [7, 11) is 0. The number of carbonyl (C=O) groups is 1. The van der Waals surface area contributed by atoms with Crippen LogP contribution in [-0.2, 0) is 4.79 Å². The predicted molar refractivity (Wildman–Crippen MR) is 54.1 cm³/mol. The molecule has 0 radical (unpaired) electrons. The van der Waals surface area contributed by atoms with Gasteiger partial charge in [-0.1, -0.05) is 13.3 Å². The molecule has 0 aromatic carbocycles. The van der Waals surface area contributed by atoms with Crippen molar-refractivity contribution in [3.05, 3.63) is 0 Å². The molecule has 0 bridgehead atoms. The van der Waals surface area contributed by atoms with Crippen molar-refractivity contribution < 1.29 is 9.90 Å². The molecule has 2 aliphatic rings. The lowest BCUT2D eigenvalue weighted by Gasteiger charge is -2.46.